The van der Waals surface area contributed by atoms with Gasteiger partial charge in [-0.25, -0.2) is 0 Å². The van der Waals surface area contributed by atoms with Crippen molar-refractivity contribution in [3.05, 3.63) is 76.7 Å². The molecule has 1 aliphatic carbocycles. The van der Waals surface area contributed by atoms with Gasteiger partial charge in [-0.3, -0.25) is 15.1 Å². The first-order valence-corrected chi connectivity index (χ1v) is 12.2. The summed E-state index contributed by atoms with van der Waals surface area (Å²) in [5.41, 5.74) is 8.41. The maximum absolute atomic E-state index is 13.5. The normalized spacial score (nSPS) is 23.7. The molecule has 1 saturated heterocycles. The average molecular weight is 470 g/mol. The largest absolute Gasteiger partial charge is 0.399 e. The van der Waals surface area contributed by atoms with Gasteiger partial charge in [0.05, 0.1) is 22.9 Å². The van der Waals surface area contributed by atoms with Crippen molar-refractivity contribution in [2.45, 2.75) is 43.1 Å². The van der Waals surface area contributed by atoms with E-state index >= 15 is 0 Å². The monoisotopic (exact) mass is 469 g/mol. The fourth-order valence-electron chi connectivity index (χ4n) is 5.09. The number of carbonyl (C=O) groups excluding carboxylic acids is 1. The Morgan fingerprint density at radius 2 is 1.91 bits per heavy atom. The van der Waals surface area contributed by atoms with Crippen LogP contribution in [-0.2, 0) is 15.7 Å². The van der Waals surface area contributed by atoms with Crippen LogP contribution in [0.4, 0.5) is 5.69 Å². The van der Waals surface area contributed by atoms with E-state index in [4.69, 9.17) is 11.1 Å². The van der Waals surface area contributed by atoms with Crippen LogP contribution in [0.15, 0.2) is 60.7 Å². The molecule has 5 rings (SSSR count). The summed E-state index contributed by atoms with van der Waals surface area (Å²) in [6.45, 7) is 1.99. The van der Waals surface area contributed by atoms with Crippen molar-refractivity contribution >= 4 is 28.9 Å². The lowest BCUT2D eigenvalue weighted by molar-refractivity contribution is -0.131. The van der Waals surface area contributed by atoms with Crippen LogP contribution in [-0.4, -0.2) is 23.8 Å². The summed E-state index contributed by atoms with van der Waals surface area (Å²) in [4.78, 5) is 16.9. The number of guanidine groups is 1. The summed E-state index contributed by atoms with van der Waals surface area (Å²) in [7, 11) is 1.63. The first kappa shape index (κ1) is 22.2. The third-order valence-electron chi connectivity index (χ3n) is 7.38. The SMILES string of the molecule is CN1C(=N)N[C@](C)(c2ccc(-c3cccc(N)c3)s2)C(c2ccc(C3(C#N)CCC3)cc2)C1=O. The summed E-state index contributed by atoms with van der Waals surface area (Å²) in [6, 6.07) is 22.3. The molecule has 34 heavy (non-hydrogen) atoms. The molecule has 1 saturated carbocycles. The lowest BCUT2D eigenvalue weighted by Crippen LogP contribution is -2.62. The van der Waals surface area contributed by atoms with Gasteiger partial charge in [-0.05, 0) is 67.1 Å². The summed E-state index contributed by atoms with van der Waals surface area (Å²) in [5, 5.41) is 21.4. The van der Waals surface area contributed by atoms with Gasteiger partial charge in [0.1, 0.15) is 0 Å². The molecule has 2 heterocycles. The zero-order chi connectivity index (χ0) is 24.1. The topological polar surface area (TPSA) is 106 Å². The minimum Gasteiger partial charge on any atom is -0.399 e. The molecule has 0 spiro atoms. The predicted molar refractivity (Wildman–Crippen MR) is 135 cm³/mol. The van der Waals surface area contributed by atoms with Crippen LogP contribution in [0.25, 0.3) is 10.4 Å². The Bertz CT molecular complexity index is 1320. The van der Waals surface area contributed by atoms with Gasteiger partial charge in [0, 0.05) is 22.5 Å². The molecular weight excluding hydrogens is 442 g/mol. The molecule has 1 aliphatic heterocycles. The van der Waals surface area contributed by atoms with E-state index in [9.17, 15) is 10.1 Å². The van der Waals surface area contributed by atoms with Gasteiger partial charge in [-0.1, -0.05) is 36.4 Å². The van der Waals surface area contributed by atoms with E-state index in [1.807, 2.05) is 67.6 Å². The maximum Gasteiger partial charge on any atom is 0.239 e. The Hall–Kier alpha value is -3.63. The Morgan fingerprint density at radius 3 is 2.53 bits per heavy atom. The highest BCUT2D eigenvalue weighted by Crippen LogP contribution is 2.47. The number of nitrogens with one attached hydrogen (secondary N) is 2. The molecule has 1 unspecified atom stereocenters. The second-order valence-corrected chi connectivity index (χ2v) is 10.5. The lowest BCUT2D eigenvalue weighted by atomic mass is 9.65. The molecule has 4 N–H and O–H groups in total. The van der Waals surface area contributed by atoms with Gasteiger partial charge in [0.2, 0.25) is 5.91 Å². The molecule has 2 atom stereocenters. The molecule has 2 aliphatic rings. The predicted octanol–water partition coefficient (Wildman–Crippen LogP) is 4.94. The zero-order valence-electron chi connectivity index (χ0n) is 19.3. The second kappa shape index (κ2) is 8.00. The van der Waals surface area contributed by atoms with Gasteiger partial charge < -0.3 is 11.1 Å². The standard InChI is InChI=1S/C27H27N5OS/c1-26(22-12-11-21(34-22)18-5-3-6-20(29)15-18)23(24(33)32(2)25(30)31-26)17-7-9-19(10-8-17)27(16-28)13-4-14-27/h3,5-12,15,23H,4,13-14,29H2,1-2H3,(H2,30,31)/t23?,26-/m1/s1. The van der Waals surface area contributed by atoms with Crippen molar-refractivity contribution in [2.24, 2.45) is 0 Å². The molecule has 1 aromatic heterocycles. The average Bonchev–Trinajstić information content (AvgIpc) is 3.30. The maximum atomic E-state index is 13.5. The summed E-state index contributed by atoms with van der Waals surface area (Å²) >= 11 is 1.60. The van der Waals surface area contributed by atoms with Crippen molar-refractivity contribution in [3.8, 4) is 16.5 Å². The molecule has 6 nitrogen and oxygen atoms in total. The highest BCUT2D eigenvalue weighted by atomic mass is 32.1. The summed E-state index contributed by atoms with van der Waals surface area (Å²) in [5.74, 6) is -0.568. The van der Waals surface area contributed by atoms with E-state index in [1.54, 1.807) is 18.4 Å². The highest BCUT2D eigenvalue weighted by Gasteiger charge is 2.49. The van der Waals surface area contributed by atoms with E-state index in [-0.39, 0.29) is 11.9 Å². The molecule has 3 aromatic rings. The lowest BCUT2D eigenvalue weighted by Gasteiger charge is -2.45. The number of amides is 1. The van der Waals surface area contributed by atoms with Gasteiger partial charge in [-0.2, -0.15) is 5.26 Å². The van der Waals surface area contributed by atoms with Crippen molar-refractivity contribution in [1.82, 2.24) is 10.2 Å². The van der Waals surface area contributed by atoms with E-state index in [1.165, 1.54) is 4.90 Å². The molecule has 0 radical (unpaired) electrons. The van der Waals surface area contributed by atoms with E-state index in [2.05, 4.69) is 11.4 Å². The van der Waals surface area contributed by atoms with Crippen LogP contribution < -0.4 is 11.1 Å². The van der Waals surface area contributed by atoms with E-state index < -0.39 is 16.9 Å². The third-order valence-corrected chi connectivity index (χ3v) is 8.75. The van der Waals surface area contributed by atoms with Crippen molar-refractivity contribution in [1.29, 1.82) is 10.7 Å². The number of nitriles is 1. The number of thiophene rings is 1. The van der Waals surface area contributed by atoms with Crippen molar-refractivity contribution in [3.63, 3.8) is 0 Å². The van der Waals surface area contributed by atoms with Crippen LogP contribution in [0, 0.1) is 16.7 Å². The molecule has 7 heteroatoms. The van der Waals surface area contributed by atoms with Gasteiger partial charge in [0.25, 0.3) is 0 Å². The third kappa shape index (κ3) is 3.37. The number of carbonyl (C=O) groups is 1. The van der Waals surface area contributed by atoms with E-state index in [0.717, 1.165) is 45.7 Å². The number of likely N-dealkylation sites (N-methyl/N-ethyl adjacent to an activating group) is 1. The number of nitrogen functional groups attached to an aromatic ring is 1. The van der Waals surface area contributed by atoms with E-state index in [0.29, 0.717) is 5.69 Å². The van der Waals surface area contributed by atoms with Crippen LogP contribution in [0.3, 0.4) is 0 Å². The van der Waals surface area contributed by atoms with Crippen LogP contribution in [0.5, 0.6) is 0 Å². The number of nitrogens with two attached hydrogens (primary N) is 1. The fourth-order valence-corrected chi connectivity index (χ4v) is 6.22. The molecular formula is C27H27N5OS. The van der Waals surface area contributed by atoms with Gasteiger partial charge in [0.15, 0.2) is 5.96 Å². The molecule has 2 aromatic carbocycles. The Balaban J connectivity index is 1.55. The summed E-state index contributed by atoms with van der Waals surface area (Å²) < 4.78 is 0. The number of rotatable bonds is 4. The number of benzene rings is 2. The Labute approximate surface area is 203 Å². The van der Waals surface area contributed by atoms with Crippen LogP contribution in [0.2, 0.25) is 0 Å². The molecule has 1 amide bonds. The number of nitrogens with zero attached hydrogens (tertiary/aromatic N) is 2. The first-order chi connectivity index (χ1) is 16.3. The highest BCUT2D eigenvalue weighted by molar-refractivity contribution is 7.15. The number of hydrogen-bond acceptors (Lipinski definition) is 5. The number of hydrogen-bond donors (Lipinski definition) is 3. The Morgan fingerprint density at radius 1 is 1.18 bits per heavy atom. The minimum atomic E-state index is -0.797. The van der Waals surface area contributed by atoms with Gasteiger partial charge >= 0.3 is 0 Å². The minimum absolute atomic E-state index is 0.0807. The quantitative estimate of drug-likeness (QED) is 0.471. The van der Waals surface area contributed by atoms with Crippen molar-refractivity contribution in [2.75, 3.05) is 12.8 Å². The molecule has 0 bridgehead atoms. The Kier molecular flexibility index (Phi) is 5.22. The first-order valence-electron chi connectivity index (χ1n) is 11.4. The van der Waals surface area contributed by atoms with Crippen molar-refractivity contribution < 1.29 is 4.79 Å². The number of anilines is 1. The molecule has 2 fully saturated rings. The second-order valence-electron chi connectivity index (χ2n) is 9.47. The molecule has 172 valence electrons. The zero-order valence-corrected chi connectivity index (χ0v) is 20.1. The van der Waals surface area contributed by atoms with Gasteiger partial charge in [-0.15, -0.1) is 11.3 Å². The smallest absolute Gasteiger partial charge is 0.239 e. The summed E-state index contributed by atoms with van der Waals surface area (Å²) in [6.07, 6.45) is 2.83. The van der Waals surface area contributed by atoms with Crippen LogP contribution in [0.1, 0.15) is 48.1 Å². The van der Waals surface area contributed by atoms with Crippen LogP contribution >= 0.6 is 11.3 Å². The fraction of sp³-hybridized carbons (Fsp3) is 0.296.